The van der Waals surface area contributed by atoms with E-state index in [1.165, 1.54) is 22.7 Å². The van der Waals surface area contributed by atoms with E-state index in [4.69, 9.17) is 23.2 Å². The minimum absolute atomic E-state index is 0.00234. The number of halogens is 3. The SMILES string of the molecule is CC(C(=O)NC(C)(C)C)N(Cc1ccccc1F)C(=O)CSCc1c(Cl)cccc1Cl. The Kier molecular flexibility index (Phi) is 9.22. The molecule has 0 saturated carbocycles. The molecule has 0 aliphatic heterocycles. The van der Waals surface area contributed by atoms with Crippen molar-refractivity contribution in [1.82, 2.24) is 10.2 Å². The lowest BCUT2D eigenvalue weighted by molar-refractivity contribution is -0.139. The lowest BCUT2D eigenvalue weighted by Crippen LogP contribution is -2.52. The fourth-order valence-electron chi connectivity index (χ4n) is 2.86. The van der Waals surface area contributed by atoms with Crippen molar-refractivity contribution in [1.29, 1.82) is 0 Å². The Bertz CT molecular complexity index is 914. The van der Waals surface area contributed by atoms with E-state index in [-0.39, 0.29) is 24.1 Å². The first kappa shape index (κ1) is 25.5. The third-order valence-corrected chi connectivity index (χ3v) is 6.15. The van der Waals surface area contributed by atoms with Crippen LogP contribution in [0.15, 0.2) is 42.5 Å². The summed E-state index contributed by atoms with van der Waals surface area (Å²) in [6.07, 6.45) is 0. The topological polar surface area (TPSA) is 49.4 Å². The average Bonchev–Trinajstić information content (AvgIpc) is 2.67. The summed E-state index contributed by atoms with van der Waals surface area (Å²) in [6.45, 7) is 7.24. The molecule has 168 valence electrons. The highest BCUT2D eigenvalue weighted by molar-refractivity contribution is 7.99. The summed E-state index contributed by atoms with van der Waals surface area (Å²) >= 11 is 13.7. The van der Waals surface area contributed by atoms with Gasteiger partial charge in [0.15, 0.2) is 0 Å². The molecule has 0 radical (unpaired) electrons. The zero-order valence-corrected chi connectivity index (χ0v) is 20.4. The zero-order valence-electron chi connectivity index (χ0n) is 18.0. The van der Waals surface area contributed by atoms with Gasteiger partial charge in [0, 0.05) is 33.4 Å². The molecule has 2 amide bonds. The van der Waals surface area contributed by atoms with Crippen molar-refractivity contribution < 1.29 is 14.0 Å². The summed E-state index contributed by atoms with van der Waals surface area (Å²) in [6, 6.07) is 10.7. The predicted octanol–water partition coefficient (Wildman–Crippen LogP) is 5.70. The Balaban J connectivity index is 2.15. The summed E-state index contributed by atoms with van der Waals surface area (Å²) < 4.78 is 14.2. The molecular weight excluding hydrogens is 458 g/mol. The molecule has 2 aromatic rings. The van der Waals surface area contributed by atoms with Gasteiger partial charge in [-0.05, 0) is 51.5 Å². The number of nitrogens with one attached hydrogen (secondary N) is 1. The van der Waals surface area contributed by atoms with E-state index in [1.54, 1.807) is 43.3 Å². The van der Waals surface area contributed by atoms with Gasteiger partial charge in [-0.2, -0.15) is 0 Å². The predicted molar refractivity (Wildman–Crippen MR) is 127 cm³/mol. The highest BCUT2D eigenvalue weighted by atomic mass is 35.5. The number of carbonyl (C=O) groups is 2. The van der Waals surface area contributed by atoms with Gasteiger partial charge in [-0.25, -0.2) is 4.39 Å². The molecule has 0 aliphatic carbocycles. The molecule has 4 nitrogen and oxygen atoms in total. The van der Waals surface area contributed by atoms with Crippen LogP contribution in [-0.4, -0.2) is 34.0 Å². The molecule has 0 bridgehead atoms. The first-order valence-electron chi connectivity index (χ1n) is 9.85. The van der Waals surface area contributed by atoms with Crippen molar-refractivity contribution in [3.8, 4) is 0 Å². The Labute approximate surface area is 197 Å². The van der Waals surface area contributed by atoms with Gasteiger partial charge in [-0.1, -0.05) is 47.5 Å². The van der Waals surface area contributed by atoms with Gasteiger partial charge in [-0.3, -0.25) is 9.59 Å². The maximum Gasteiger partial charge on any atom is 0.242 e. The van der Waals surface area contributed by atoms with Gasteiger partial charge < -0.3 is 10.2 Å². The Morgan fingerprint density at radius 1 is 1.10 bits per heavy atom. The molecule has 0 heterocycles. The van der Waals surface area contributed by atoms with Gasteiger partial charge in [0.25, 0.3) is 0 Å². The van der Waals surface area contributed by atoms with Gasteiger partial charge >= 0.3 is 0 Å². The summed E-state index contributed by atoms with van der Waals surface area (Å²) in [5.74, 6) is -0.438. The standard InChI is InChI=1S/C23H27Cl2FN2O2S/c1-15(22(30)27-23(2,3)4)28(12-16-8-5-6-11-20(16)26)21(29)14-31-13-17-18(24)9-7-10-19(17)25/h5-11,15H,12-14H2,1-4H3,(H,27,30). The maximum absolute atomic E-state index is 14.2. The van der Waals surface area contributed by atoms with Crippen molar-refractivity contribution in [2.75, 3.05) is 5.75 Å². The number of benzene rings is 2. The van der Waals surface area contributed by atoms with Gasteiger partial charge in [0.05, 0.1) is 5.75 Å². The van der Waals surface area contributed by atoms with Crippen molar-refractivity contribution >= 4 is 46.8 Å². The molecule has 31 heavy (non-hydrogen) atoms. The van der Waals surface area contributed by atoms with E-state index >= 15 is 0 Å². The van der Waals surface area contributed by atoms with Crippen LogP contribution in [0.1, 0.15) is 38.8 Å². The highest BCUT2D eigenvalue weighted by Gasteiger charge is 2.29. The van der Waals surface area contributed by atoms with Gasteiger partial charge in [0.2, 0.25) is 11.8 Å². The molecule has 0 fully saturated rings. The summed E-state index contributed by atoms with van der Waals surface area (Å²) in [5.41, 5.74) is 0.654. The average molecular weight is 485 g/mol. The van der Waals surface area contributed by atoms with Crippen LogP contribution >= 0.6 is 35.0 Å². The van der Waals surface area contributed by atoms with E-state index in [0.29, 0.717) is 21.4 Å². The fourth-order valence-corrected chi connectivity index (χ4v) is 4.51. The van der Waals surface area contributed by atoms with Gasteiger partial charge in [0.1, 0.15) is 11.9 Å². The van der Waals surface area contributed by atoms with Crippen molar-refractivity contribution in [2.24, 2.45) is 0 Å². The normalized spacial score (nSPS) is 12.4. The third-order valence-electron chi connectivity index (χ3n) is 4.50. The van der Waals surface area contributed by atoms with E-state index in [0.717, 1.165) is 5.56 Å². The number of rotatable bonds is 8. The van der Waals surface area contributed by atoms with Crippen LogP contribution in [0.4, 0.5) is 4.39 Å². The van der Waals surface area contributed by atoms with Crippen LogP contribution in [0.2, 0.25) is 10.0 Å². The molecule has 1 unspecified atom stereocenters. The van der Waals surface area contributed by atoms with E-state index in [2.05, 4.69) is 5.32 Å². The molecule has 1 N–H and O–H groups in total. The van der Waals surface area contributed by atoms with E-state index < -0.39 is 17.4 Å². The van der Waals surface area contributed by atoms with Crippen molar-refractivity contribution in [3.63, 3.8) is 0 Å². The first-order chi connectivity index (χ1) is 14.5. The van der Waals surface area contributed by atoms with Crippen molar-refractivity contribution in [2.45, 2.75) is 51.6 Å². The Hall–Kier alpha value is -1.76. The fraction of sp³-hybridized carbons (Fsp3) is 0.391. The number of nitrogens with zero attached hydrogens (tertiary/aromatic N) is 1. The number of thioether (sulfide) groups is 1. The Morgan fingerprint density at radius 3 is 2.29 bits per heavy atom. The minimum Gasteiger partial charge on any atom is -0.350 e. The van der Waals surface area contributed by atoms with Crippen LogP contribution in [0.25, 0.3) is 0 Å². The lowest BCUT2D eigenvalue weighted by Gasteiger charge is -2.31. The summed E-state index contributed by atoms with van der Waals surface area (Å²) in [4.78, 5) is 27.2. The highest BCUT2D eigenvalue weighted by Crippen LogP contribution is 2.28. The number of carbonyl (C=O) groups excluding carboxylic acids is 2. The molecule has 0 spiro atoms. The largest absolute Gasteiger partial charge is 0.350 e. The minimum atomic E-state index is -0.768. The summed E-state index contributed by atoms with van der Waals surface area (Å²) in [5, 5.41) is 3.95. The molecular formula is C23H27Cl2FN2O2S. The van der Waals surface area contributed by atoms with Crippen LogP contribution in [0, 0.1) is 5.82 Å². The monoisotopic (exact) mass is 484 g/mol. The van der Waals surface area contributed by atoms with Crippen LogP contribution in [0.3, 0.4) is 0 Å². The molecule has 2 rings (SSSR count). The third kappa shape index (κ3) is 7.70. The number of hydrogen-bond acceptors (Lipinski definition) is 3. The number of hydrogen-bond donors (Lipinski definition) is 1. The van der Waals surface area contributed by atoms with Crippen LogP contribution in [0.5, 0.6) is 0 Å². The second kappa shape index (κ2) is 11.2. The molecule has 0 aliphatic rings. The second-order valence-electron chi connectivity index (χ2n) is 8.22. The quantitative estimate of drug-likeness (QED) is 0.522. The van der Waals surface area contributed by atoms with Crippen LogP contribution in [-0.2, 0) is 21.9 Å². The van der Waals surface area contributed by atoms with E-state index in [9.17, 15) is 14.0 Å². The molecule has 2 aromatic carbocycles. The van der Waals surface area contributed by atoms with E-state index in [1.807, 2.05) is 20.8 Å². The molecule has 8 heteroatoms. The maximum atomic E-state index is 14.2. The number of amides is 2. The molecule has 0 aromatic heterocycles. The Morgan fingerprint density at radius 2 is 1.71 bits per heavy atom. The van der Waals surface area contributed by atoms with Crippen molar-refractivity contribution in [3.05, 3.63) is 69.5 Å². The second-order valence-corrected chi connectivity index (χ2v) is 10.0. The zero-order chi connectivity index (χ0) is 23.2. The van der Waals surface area contributed by atoms with Gasteiger partial charge in [-0.15, -0.1) is 11.8 Å². The summed E-state index contributed by atoms with van der Waals surface area (Å²) in [7, 11) is 0. The molecule has 1 atom stereocenters. The molecule has 0 saturated heterocycles. The smallest absolute Gasteiger partial charge is 0.242 e. The lowest BCUT2D eigenvalue weighted by atomic mass is 10.1. The first-order valence-corrected chi connectivity index (χ1v) is 11.8. The van der Waals surface area contributed by atoms with Crippen LogP contribution < -0.4 is 5.32 Å².